The van der Waals surface area contributed by atoms with Crippen molar-refractivity contribution in [3.63, 3.8) is 0 Å². The number of pyridine rings is 1. The lowest BCUT2D eigenvalue weighted by molar-refractivity contribution is -0.121. The SMILES string of the molecule is CCNC(=O)CCOc1ccc(C)nc1CCN. The van der Waals surface area contributed by atoms with E-state index in [1.165, 1.54) is 0 Å². The van der Waals surface area contributed by atoms with E-state index in [1.54, 1.807) is 0 Å². The van der Waals surface area contributed by atoms with Crippen LogP contribution in [0.4, 0.5) is 0 Å². The molecule has 0 atom stereocenters. The Bertz CT molecular complexity index is 394. The third-order valence-electron chi connectivity index (χ3n) is 2.41. The van der Waals surface area contributed by atoms with Crippen LogP contribution in [0.3, 0.4) is 0 Å². The molecule has 0 saturated carbocycles. The number of nitrogens with two attached hydrogens (primary N) is 1. The molecule has 0 saturated heterocycles. The van der Waals surface area contributed by atoms with E-state index in [-0.39, 0.29) is 5.91 Å². The van der Waals surface area contributed by atoms with E-state index in [0.29, 0.717) is 32.5 Å². The number of hydrogen-bond donors (Lipinski definition) is 2. The van der Waals surface area contributed by atoms with Crippen molar-refractivity contribution < 1.29 is 9.53 Å². The molecule has 1 rings (SSSR count). The average Bonchev–Trinajstić information content (AvgIpc) is 2.33. The van der Waals surface area contributed by atoms with Crippen LogP contribution in [0.25, 0.3) is 0 Å². The van der Waals surface area contributed by atoms with Crippen molar-refractivity contribution >= 4 is 5.91 Å². The second kappa shape index (κ2) is 7.66. The van der Waals surface area contributed by atoms with Gasteiger partial charge in [0.2, 0.25) is 5.91 Å². The third-order valence-corrected chi connectivity index (χ3v) is 2.41. The molecule has 0 aromatic carbocycles. The van der Waals surface area contributed by atoms with E-state index in [2.05, 4.69) is 10.3 Å². The van der Waals surface area contributed by atoms with Crippen LogP contribution in [0.15, 0.2) is 12.1 Å². The molecule has 0 fully saturated rings. The van der Waals surface area contributed by atoms with Crippen LogP contribution in [0.1, 0.15) is 24.7 Å². The van der Waals surface area contributed by atoms with Crippen LogP contribution in [0.2, 0.25) is 0 Å². The average molecular weight is 251 g/mol. The topological polar surface area (TPSA) is 77.2 Å². The number of rotatable bonds is 7. The summed E-state index contributed by atoms with van der Waals surface area (Å²) in [5.41, 5.74) is 7.33. The number of aryl methyl sites for hydroxylation is 1. The predicted molar refractivity (Wildman–Crippen MR) is 70.5 cm³/mol. The van der Waals surface area contributed by atoms with Gasteiger partial charge in [0.25, 0.3) is 0 Å². The molecule has 0 aliphatic rings. The van der Waals surface area contributed by atoms with Gasteiger partial charge in [-0.25, -0.2) is 0 Å². The van der Waals surface area contributed by atoms with Crippen LogP contribution in [-0.4, -0.2) is 30.6 Å². The molecule has 1 heterocycles. The maximum atomic E-state index is 11.3. The second-order valence-electron chi connectivity index (χ2n) is 3.99. The van der Waals surface area contributed by atoms with Gasteiger partial charge in [-0.2, -0.15) is 0 Å². The summed E-state index contributed by atoms with van der Waals surface area (Å²) in [6, 6.07) is 3.77. The summed E-state index contributed by atoms with van der Waals surface area (Å²) >= 11 is 0. The minimum absolute atomic E-state index is 0.00190. The van der Waals surface area contributed by atoms with E-state index in [4.69, 9.17) is 10.5 Å². The number of hydrogen-bond acceptors (Lipinski definition) is 4. The first-order valence-electron chi connectivity index (χ1n) is 6.23. The first kappa shape index (κ1) is 14.4. The Balaban J connectivity index is 2.53. The largest absolute Gasteiger partial charge is 0.491 e. The highest BCUT2D eigenvalue weighted by Gasteiger charge is 2.06. The Morgan fingerprint density at radius 2 is 2.28 bits per heavy atom. The van der Waals surface area contributed by atoms with Crippen molar-refractivity contribution in [1.29, 1.82) is 0 Å². The van der Waals surface area contributed by atoms with Crippen molar-refractivity contribution in [2.24, 2.45) is 5.73 Å². The molecule has 5 nitrogen and oxygen atoms in total. The molecule has 3 N–H and O–H groups in total. The number of aromatic nitrogens is 1. The van der Waals surface area contributed by atoms with Gasteiger partial charge in [-0.05, 0) is 32.5 Å². The van der Waals surface area contributed by atoms with Gasteiger partial charge in [-0.1, -0.05) is 0 Å². The van der Waals surface area contributed by atoms with Gasteiger partial charge in [-0.3, -0.25) is 9.78 Å². The first-order valence-corrected chi connectivity index (χ1v) is 6.23. The number of carbonyl (C=O) groups excluding carboxylic acids is 1. The molecular weight excluding hydrogens is 230 g/mol. The molecular formula is C13H21N3O2. The van der Waals surface area contributed by atoms with Gasteiger partial charge in [-0.15, -0.1) is 0 Å². The van der Waals surface area contributed by atoms with E-state index in [9.17, 15) is 4.79 Å². The Labute approximate surface area is 108 Å². The van der Waals surface area contributed by atoms with Gasteiger partial charge in [0.15, 0.2) is 0 Å². The number of carbonyl (C=O) groups is 1. The number of nitrogens with one attached hydrogen (secondary N) is 1. The fourth-order valence-corrected chi connectivity index (χ4v) is 1.58. The lowest BCUT2D eigenvalue weighted by Crippen LogP contribution is -2.24. The molecule has 1 aromatic rings. The number of ether oxygens (including phenoxy) is 1. The molecule has 0 bridgehead atoms. The Hall–Kier alpha value is -1.62. The van der Waals surface area contributed by atoms with E-state index in [1.807, 2.05) is 26.0 Å². The quantitative estimate of drug-likeness (QED) is 0.751. The molecule has 5 heteroatoms. The summed E-state index contributed by atoms with van der Waals surface area (Å²) in [4.78, 5) is 15.7. The lowest BCUT2D eigenvalue weighted by atomic mass is 10.2. The van der Waals surface area contributed by atoms with Gasteiger partial charge < -0.3 is 15.8 Å². The van der Waals surface area contributed by atoms with Crippen molar-refractivity contribution in [2.45, 2.75) is 26.7 Å². The molecule has 0 unspecified atom stereocenters. The zero-order valence-corrected chi connectivity index (χ0v) is 11.0. The maximum absolute atomic E-state index is 11.3. The number of nitrogens with zero attached hydrogens (tertiary/aromatic N) is 1. The van der Waals surface area contributed by atoms with Gasteiger partial charge in [0.1, 0.15) is 5.75 Å². The monoisotopic (exact) mass is 251 g/mol. The Morgan fingerprint density at radius 1 is 1.50 bits per heavy atom. The highest BCUT2D eigenvalue weighted by atomic mass is 16.5. The second-order valence-corrected chi connectivity index (χ2v) is 3.99. The van der Waals surface area contributed by atoms with Crippen molar-refractivity contribution in [1.82, 2.24) is 10.3 Å². The summed E-state index contributed by atoms with van der Waals surface area (Å²) < 4.78 is 5.58. The Morgan fingerprint density at radius 3 is 2.94 bits per heavy atom. The molecule has 0 spiro atoms. The fraction of sp³-hybridized carbons (Fsp3) is 0.538. The van der Waals surface area contributed by atoms with Gasteiger partial charge in [0, 0.05) is 18.7 Å². The van der Waals surface area contributed by atoms with Crippen molar-refractivity contribution in [2.75, 3.05) is 19.7 Å². The van der Waals surface area contributed by atoms with Crippen LogP contribution in [0, 0.1) is 6.92 Å². The third kappa shape index (κ3) is 4.71. The fourth-order valence-electron chi connectivity index (χ4n) is 1.58. The minimum Gasteiger partial charge on any atom is -0.491 e. The van der Waals surface area contributed by atoms with E-state index >= 15 is 0 Å². The summed E-state index contributed by atoms with van der Waals surface area (Å²) in [5, 5.41) is 2.73. The Kier molecular flexibility index (Phi) is 6.14. The highest BCUT2D eigenvalue weighted by Crippen LogP contribution is 2.17. The minimum atomic E-state index is -0.00190. The van der Waals surface area contributed by atoms with Gasteiger partial charge in [0.05, 0.1) is 18.7 Å². The number of amides is 1. The maximum Gasteiger partial charge on any atom is 0.223 e. The molecule has 18 heavy (non-hydrogen) atoms. The highest BCUT2D eigenvalue weighted by molar-refractivity contribution is 5.75. The van der Waals surface area contributed by atoms with Crippen LogP contribution >= 0.6 is 0 Å². The summed E-state index contributed by atoms with van der Waals surface area (Å²) in [6.07, 6.45) is 1.03. The van der Waals surface area contributed by atoms with Crippen molar-refractivity contribution in [3.8, 4) is 5.75 Å². The molecule has 100 valence electrons. The molecule has 0 radical (unpaired) electrons. The zero-order chi connectivity index (χ0) is 13.4. The molecule has 1 amide bonds. The van der Waals surface area contributed by atoms with E-state index < -0.39 is 0 Å². The normalized spacial score (nSPS) is 10.2. The summed E-state index contributed by atoms with van der Waals surface area (Å²) in [5.74, 6) is 0.716. The standard InChI is InChI=1S/C13H21N3O2/c1-3-15-13(17)7-9-18-12-5-4-10(2)16-11(12)6-8-14/h4-5H,3,6-9,14H2,1-2H3,(H,15,17). The van der Waals surface area contributed by atoms with E-state index in [0.717, 1.165) is 17.1 Å². The predicted octanol–water partition coefficient (Wildman–Crippen LogP) is 0.796. The lowest BCUT2D eigenvalue weighted by Gasteiger charge is -2.10. The molecule has 0 aliphatic carbocycles. The van der Waals surface area contributed by atoms with Crippen LogP contribution < -0.4 is 15.8 Å². The smallest absolute Gasteiger partial charge is 0.223 e. The molecule has 0 aliphatic heterocycles. The van der Waals surface area contributed by atoms with Crippen molar-refractivity contribution in [3.05, 3.63) is 23.5 Å². The van der Waals surface area contributed by atoms with Gasteiger partial charge >= 0.3 is 0 Å². The first-order chi connectivity index (χ1) is 8.67. The zero-order valence-electron chi connectivity index (χ0n) is 11.0. The summed E-state index contributed by atoms with van der Waals surface area (Å²) in [6.45, 7) is 5.35. The van der Waals surface area contributed by atoms with Crippen LogP contribution in [0.5, 0.6) is 5.75 Å². The summed E-state index contributed by atoms with van der Waals surface area (Å²) in [7, 11) is 0. The molecule has 1 aromatic heterocycles. The van der Waals surface area contributed by atoms with Crippen LogP contribution in [-0.2, 0) is 11.2 Å².